The SMILES string of the molecule is N#Cc1ccccc1NC(=O)CN1C(=O)COCC1=O. The van der Waals surface area contributed by atoms with Crippen molar-refractivity contribution < 1.29 is 19.1 Å². The van der Waals surface area contributed by atoms with Crippen LogP contribution < -0.4 is 5.32 Å². The Morgan fingerprint density at radius 1 is 1.30 bits per heavy atom. The van der Waals surface area contributed by atoms with Gasteiger partial charge < -0.3 is 10.1 Å². The second kappa shape index (κ2) is 5.95. The summed E-state index contributed by atoms with van der Waals surface area (Å²) >= 11 is 0. The van der Waals surface area contributed by atoms with E-state index >= 15 is 0 Å². The topological polar surface area (TPSA) is 99.5 Å². The summed E-state index contributed by atoms with van der Waals surface area (Å²) in [6.07, 6.45) is 0. The highest BCUT2D eigenvalue weighted by Gasteiger charge is 2.28. The number of carbonyl (C=O) groups excluding carboxylic acids is 3. The largest absolute Gasteiger partial charge is 0.362 e. The molecule has 0 aromatic heterocycles. The minimum atomic E-state index is -0.551. The summed E-state index contributed by atoms with van der Waals surface area (Å²) in [5.74, 6) is -1.65. The number of carbonyl (C=O) groups is 3. The van der Waals surface area contributed by atoms with E-state index in [1.54, 1.807) is 24.3 Å². The molecule has 7 nitrogen and oxygen atoms in total. The average molecular weight is 273 g/mol. The molecule has 2 rings (SSSR count). The molecular formula is C13H11N3O4. The van der Waals surface area contributed by atoms with Gasteiger partial charge in [-0.05, 0) is 12.1 Å². The fraction of sp³-hybridized carbons (Fsp3) is 0.231. The van der Waals surface area contributed by atoms with E-state index in [4.69, 9.17) is 10.00 Å². The second-order valence-corrected chi connectivity index (χ2v) is 4.07. The number of ether oxygens (including phenoxy) is 1. The maximum atomic E-state index is 11.8. The quantitative estimate of drug-likeness (QED) is 0.774. The highest BCUT2D eigenvalue weighted by molar-refractivity contribution is 6.04. The van der Waals surface area contributed by atoms with Crippen LogP contribution in [-0.2, 0) is 19.1 Å². The minimum Gasteiger partial charge on any atom is -0.362 e. The predicted molar refractivity (Wildman–Crippen MR) is 67.3 cm³/mol. The molecule has 0 aliphatic carbocycles. The van der Waals surface area contributed by atoms with Gasteiger partial charge in [0, 0.05) is 0 Å². The van der Waals surface area contributed by atoms with Crippen molar-refractivity contribution >= 4 is 23.4 Å². The first-order valence-electron chi connectivity index (χ1n) is 5.81. The maximum Gasteiger partial charge on any atom is 0.255 e. The van der Waals surface area contributed by atoms with Crippen LogP contribution in [0.1, 0.15) is 5.56 Å². The zero-order chi connectivity index (χ0) is 14.5. The van der Waals surface area contributed by atoms with Gasteiger partial charge in [-0.25, -0.2) is 0 Å². The van der Waals surface area contributed by atoms with Gasteiger partial charge in [-0.2, -0.15) is 5.26 Å². The zero-order valence-electron chi connectivity index (χ0n) is 10.5. The fourth-order valence-corrected chi connectivity index (χ4v) is 1.72. The Kier molecular flexibility index (Phi) is 4.08. The number of hydrogen-bond acceptors (Lipinski definition) is 5. The summed E-state index contributed by atoms with van der Waals surface area (Å²) in [7, 11) is 0. The molecule has 1 fully saturated rings. The number of nitrogens with zero attached hydrogens (tertiary/aromatic N) is 2. The van der Waals surface area contributed by atoms with E-state index in [1.165, 1.54) is 0 Å². The molecule has 1 heterocycles. The van der Waals surface area contributed by atoms with E-state index in [1.807, 2.05) is 6.07 Å². The lowest BCUT2D eigenvalue weighted by molar-refractivity contribution is -0.159. The number of imide groups is 1. The van der Waals surface area contributed by atoms with Crippen LogP contribution >= 0.6 is 0 Å². The molecule has 1 N–H and O–H groups in total. The lowest BCUT2D eigenvalue weighted by Gasteiger charge is -2.24. The van der Waals surface area contributed by atoms with Crippen LogP contribution in [0.2, 0.25) is 0 Å². The van der Waals surface area contributed by atoms with Crippen molar-refractivity contribution in [1.82, 2.24) is 4.90 Å². The van der Waals surface area contributed by atoms with Gasteiger partial charge >= 0.3 is 0 Å². The van der Waals surface area contributed by atoms with Crippen molar-refractivity contribution in [3.8, 4) is 6.07 Å². The molecule has 0 unspecified atom stereocenters. The van der Waals surface area contributed by atoms with E-state index < -0.39 is 17.7 Å². The zero-order valence-corrected chi connectivity index (χ0v) is 10.5. The van der Waals surface area contributed by atoms with E-state index in [-0.39, 0.29) is 19.8 Å². The number of anilines is 1. The second-order valence-electron chi connectivity index (χ2n) is 4.07. The molecule has 0 atom stereocenters. The number of nitrogens with one attached hydrogen (secondary N) is 1. The van der Waals surface area contributed by atoms with Gasteiger partial charge in [-0.3, -0.25) is 19.3 Å². The number of hydrogen-bond donors (Lipinski definition) is 1. The van der Waals surface area contributed by atoms with E-state index in [2.05, 4.69) is 5.32 Å². The number of morpholine rings is 1. The average Bonchev–Trinajstić information content (AvgIpc) is 2.44. The molecule has 7 heteroatoms. The van der Waals surface area contributed by atoms with Gasteiger partial charge in [0.25, 0.3) is 11.8 Å². The normalized spacial score (nSPS) is 14.8. The van der Waals surface area contributed by atoms with Gasteiger partial charge in [0.15, 0.2) is 0 Å². The first-order valence-corrected chi connectivity index (χ1v) is 5.81. The number of rotatable bonds is 3. The molecule has 1 saturated heterocycles. The third-order valence-corrected chi connectivity index (χ3v) is 2.68. The van der Waals surface area contributed by atoms with Crippen LogP contribution in [-0.4, -0.2) is 42.4 Å². The third-order valence-electron chi connectivity index (χ3n) is 2.68. The smallest absolute Gasteiger partial charge is 0.255 e. The number of amides is 3. The van der Waals surface area contributed by atoms with E-state index in [9.17, 15) is 14.4 Å². The van der Waals surface area contributed by atoms with Gasteiger partial charge in [0.2, 0.25) is 5.91 Å². The van der Waals surface area contributed by atoms with Crippen LogP contribution in [0.5, 0.6) is 0 Å². The van der Waals surface area contributed by atoms with Crippen molar-refractivity contribution in [2.24, 2.45) is 0 Å². The minimum absolute atomic E-state index is 0.214. The Morgan fingerprint density at radius 2 is 1.95 bits per heavy atom. The van der Waals surface area contributed by atoms with Crippen molar-refractivity contribution in [2.75, 3.05) is 25.1 Å². The molecule has 102 valence electrons. The molecule has 1 aromatic carbocycles. The summed E-state index contributed by atoms with van der Waals surface area (Å²) in [6.45, 7) is -0.817. The maximum absolute atomic E-state index is 11.8. The number of benzene rings is 1. The molecule has 1 aromatic rings. The Labute approximate surface area is 114 Å². The molecule has 20 heavy (non-hydrogen) atoms. The van der Waals surface area contributed by atoms with Crippen LogP contribution in [0.4, 0.5) is 5.69 Å². The van der Waals surface area contributed by atoms with Crippen molar-refractivity contribution in [2.45, 2.75) is 0 Å². The summed E-state index contributed by atoms with van der Waals surface area (Å²) in [4.78, 5) is 35.6. The van der Waals surface area contributed by atoms with Crippen LogP contribution in [0.3, 0.4) is 0 Å². The fourth-order valence-electron chi connectivity index (χ4n) is 1.72. The molecule has 0 spiro atoms. The van der Waals surface area contributed by atoms with Gasteiger partial charge in [-0.15, -0.1) is 0 Å². The third kappa shape index (κ3) is 2.99. The molecule has 0 radical (unpaired) electrons. The molecule has 0 saturated carbocycles. The monoisotopic (exact) mass is 273 g/mol. The summed E-state index contributed by atoms with van der Waals surface area (Å²) in [6, 6.07) is 8.40. The van der Waals surface area contributed by atoms with E-state index in [0.29, 0.717) is 11.3 Å². The standard InChI is InChI=1S/C13H11N3O4/c14-5-9-3-1-2-4-10(9)15-11(17)6-16-12(18)7-20-8-13(16)19/h1-4H,6-8H2,(H,15,17). The van der Waals surface area contributed by atoms with E-state index in [0.717, 1.165) is 4.90 Å². The van der Waals surface area contributed by atoms with Crippen molar-refractivity contribution in [1.29, 1.82) is 5.26 Å². The lowest BCUT2D eigenvalue weighted by atomic mass is 10.2. The van der Waals surface area contributed by atoms with Gasteiger partial charge in [0.1, 0.15) is 25.8 Å². The lowest BCUT2D eigenvalue weighted by Crippen LogP contribution is -2.49. The number of nitriles is 1. The molecular weight excluding hydrogens is 262 g/mol. The molecule has 0 bridgehead atoms. The summed E-state index contributed by atoms with van der Waals surface area (Å²) in [5.41, 5.74) is 0.647. The molecule has 1 aliphatic rings. The molecule has 3 amide bonds. The first kappa shape index (κ1) is 13.7. The highest BCUT2D eigenvalue weighted by Crippen LogP contribution is 2.13. The van der Waals surface area contributed by atoms with Gasteiger partial charge in [-0.1, -0.05) is 12.1 Å². The number of para-hydroxylation sites is 1. The summed E-state index contributed by atoms with van der Waals surface area (Å²) < 4.78 is 4.75. The summed E-state index contributed by atoms with van der Waals surface area (Å²) in [5, 5.41) is 11.4. The molecule has 1 aliphatic heterocycles. The Balaban J connectivity index is 2.04. The van der Waals surface area contributed by atoms with Crippen molar-refractivity contribution in [3.63, 3.8) is 0 Å². The highest BCUT2D eigenvalue weighted by atomic mass is 16.5. The predicted octanol–water partition coefficient (Wildman–Crippen LogP) is -0.118. The Morgan fingerprint density at radius 3 is 2.60 bits per heavy atom. The van der Waals surface area contributed by atoms with Crippen LogP contribution in [0, 0.1) is 11.3 Å². The van der Waals surface area contributed by atoms with Crippen LogP contribution in [0.25, 0.3) is 0 Å². The Hall–Kier alpha value is -2.72. The first-order chi connectivity index (χ1) is 9.61. The van der Waals surface area contributed by atoms with Crippen LogP contribution in [0.15, 0.2) is 24.3 Å². The Bertz CT molecular complexity index is 590. The van der Waals surface area contributed by atoms with Crippen molar-refractivity contribution in [3.05, 3.63) is 29.8 Å². The van der Waals surface area contributed by atoms with Gasteiger partial charge in [0.05, 0.1) is 11.3 Å².